The maximum atomic E-state index is 12.2. The van der Waals surface area contributed by atoms with Gasteiger partial charge in [-0.05, 0) is 18.4 Å². The number of H-pyrrole nitrogens is 1. The Hall–Kier alpha value is -2.34. The molecule has 20 heavy (non-hydrogen) atoms. The van der Waals surface area contributed by atoms with Gasteiger partial charge in [0.25, 0.3) is 0 Å². The van der Waals surface area contributed by atoms with E-state index in [-0.39, 0.29) is 5.43 Å². The average molecular weight is 286 g/mol. The molecule has 0 saturated heterocycles. The summed E-state index contributed by atoms with van der Waals surface area (Å²) < 4.78 is 1.60. The highest BCUT2D eigenvalue weighted by Gasteiger charge is 2.19. The van der Waals surface area contributed by atoms with Gasteiger partial charge >= 0.3 is 0 Å². The number of hydrogen-bond donors (Lipinski definition) is 2. The highest BCUT2D eigenvalue weighted by Crippen LogP contribution is 2.36. The molecule has 0 amide bonds. The summed E-state index contributed by atoms with van der Waals surface area (Å²) in [6, 6.07) is 5.50. The summed E-state index contributed by atoms with van der Waals surface area (Å²) in [5.74, 6) is 0.558. The van der Waals surface area contributed by atoms with E-state index in [9.17, 15) is 4.79 Å². The Bertz CT molecular complexity index is 814. The SMILES string of the molecule is Cc1cc(=O)c(-c2nn(C)c(N)c2-c2cccs2)c[nH]1. The summed E-state index contributed by atoms with van der Waals surface area (Å²) in [4.78, 5) is 16.2. The van der Waals surface area contributed by atoms with Crippen LogP contribution in [0.15, 0.2) is 34.6 Å². The summed E-state index contributed by atoms with van der Waals surface area (Å²) >= 11 is 1.58. The van der Waals surface area contributed by atoms with Gasteiger partial charge < -0.3 is 10.7 Å². The molecular weight excluding hydrogens is 272 g/mol. The van der Waals surface area contributed by atoms with Crippen LogP contribution in [0, 0.1) is 6.92 Å². The number of rotatable bonds is 2. The van der Waals surface area contributed by atoms with Crippen molar-refractivity contribution >= 4 is 17.2 Å². The molecule has 0 aliphatic carbocycles. The Morgan fingerprint density at radius 3 is 2.90 bits per heavy atom. The van der Waals surface area contributed by atoms with E-state index in [0.717, 1.165) is 16.1 Å². The molecule has 0 bridgehead atoms. The highest BCUT2D eigenvalue weighted by atomic mass is 32.1. The highest BCUT2D eigenvalue weighted by molar-refractivity contribution is 7.13. The lowest BCUT2D eigenvalue weighted by atomic mass is 10.1. The minimum Gasteiger partial charge on any atom is -0.383 e. The molecule has 0 spiro atoms. The Kier molecular flexibility index (Phi) is 2.94. The van der Waals surface area contributed by atoms with E-state index in [1.54, 1.807) is 35.3 Å². The van der Waals surface area contributed by atoms with E-state index in [4.69, 9.17) is 5.73 Å². The number of nitrogen functional groups attached to an aromatic ring is 1. The maximum absolute atomic E-state index is 12.2. The van der Waals surface area contributed by atoms with Gasteiger partial charge in [0, 0.05) is 29.9 Å². The molecule has 5 nitrogen and oxygen atoms in total. The lowest BCUT2D eigenvalue weighted by molar-refractivity contribution is 0.782. The first kappa shape index (κ1) is 12.7. The molecule has 3 rings (SSSR count). The van der Waals surface area contributed by atoms with Crippen molar-refractivity contribution in [1.82, 2.24) is 14.8 Å². The van der Waals surface area contributed by atoms with Crippen LogP contribution in [0.3, 0.4) is 0 Å². The molecular formula is C14H14N4OS. The van der Waals surface area contributed by atoms with Crippen molar-refractivity contribution in [3.05, 3.63) is 45.7 Å². The van der Waals surface area contributed by atoms with Crippen LogP contribution in [0.1, 0.15) is 5.69 Å². The monoisotopic (exact) mass is 286 g/mol. The lowest BCUT2D eigenvalue weighted by Gasteiger charge is -2.01. The molecule has 6 heteroatoms. The third-order valence-corrected chi connectivity index (χ3v) is 4.06. The zero-order chi connectivity index (χ0) is 14.3. The van der Waals surface area contributed by atoms with Gasteiger partial charge in [0.15, 0.2) is 5.43 Å². The summed E-state index contributed by atoms with van der Waals surface area (Å²) in [5.41, 5.74) is 8.84. The second kappa shape index (κ2) is 4.64. The third-order valence-electron chi connectivity index (χ3n) is 3.17. The molecule has 0 aromatic carbocycles. The fourth-order valence-electron chi connectivity index (χ4n) is 2.15. The Balaban J connectivity index is 2.30. The fraction of sp³-hybridized carbons (Fsp3) is 0.143. The van der Waals surface area contributed by atoms with E-state index in [1.165, 1.54) is 0 Å². The Labute approximate surface area is 119 Å². The molecule has 0 aliphatic heterocycles. The van der Waals surface area contributed by atoms with Crippen LogP contribution in [-0.4, -0.2) is 14.8 Å². The maximum Gasteiger partial charge on any atom is 0.191 e. The van der Waals surface area contributed by atoms with Crippen LogP contribution in [-0.2, 0) is 7.05 Å². The number of hydrogen-bond acceptors (Lipinski definition) is 4. The molecule has 0 radical (unpaired) electrons. The summed E-state index contributed by atoms with van der Waals surface area (Å²) in [7, 11) is 1.78. The number of aryl methyl sites for hydroxylation is 2. The van der Waals surface area contributed by atoms with Gasteiger partial charge in [-0.3, -0.25) is 9.48 Å². The average Bonchev–Trinajstić information content (AvgIpc) is 2.99. The predicted octanol–water partition coefficient (Wildman–Crippen LogP) is 2.39. The number of pyridine rings is 1. The summed E-state index contributed by atoms with van der Waals surface area (Å²) in [5, 5.41) is 6.38. The van der Waals surface area contributed by atoms with Gasteiger partial charge in [0.2, 0.25) is 0 Å². The van der Waals surface area contributed by atoms with Gasteiger partial charge in [-0.25, -0.2) is 0 Å². The number of nitrogens with zero attached hydrogens (tertiary/aromatic N) is 2. The first-order valence-corrected chi connectivity index (χ1v) is 7.02. The van der Waals surface area contributed by atoms with Crippen molar-refractivity contribution in [2.75, 3.05) is 5.73 Å². The minimum absolute atomic E-state index is 0.0582. The first-order chi connectivity index (χ1) is 9.58. The standard InChI is InChI=1S/C14H14N4OS/c1-8-6-10(19)9(7-16-8)13-12(11-4-3-5-20-11)14(15)18(2)17-13/h3-7H,15H2,1-2H3,(H,16,19). The number of aromatic amines is 1. The molecule has 0 atom stereocenters. The number of thiophene rings is 1. The molecule has 3 N–H and O–H groups in total. The quantitative estimate of drug-likeness (QED) is 0.759. The Morgan fingerprint density at radius 2 is 2.25 bits per heavy atom. The summed E-state index contributed by atoms with van der Waals surface area (Å²) in [6.45, 7) is 1.85. The third kappa shape index (κ3) is 1.94. The van der Waals surface area contributed by atoms with Crippen LogP contribution in [0.4, 0.5) is 5.82 Å². The molecule has 3 heterocycles. The van der Waals surface area contributed by atoms with E-state index >= 15 is 0 Å². The minimum atomic E-state index is -0.0582. The molecule has 0 aliphatic rings. The molecule has 102 valence electrons. The molecule has 0 fully saturated rings. The van der Waals surface area contributed by atoms with Gasteiger partial charge in [-0.2, -0.15) is 5.10 Å². The molecule has 0 unspecified atom stereocenters. The smallest absolute Gasteiger partial charge is 0.191 e. The van der Waals surface area contributed by atoms with Crippen molar-refractivity contribution in [3.8, 4) is 21.7 Å². The second-order valence-electron chi connectivity index (χ2n) is 4.60. The largest absolute Gasteiger partial charge is 0.383 e. The van der Waals surface area contributed by atoms with Crippen molar-refractivity contribution in [1.29, 1.82) is 0 Å². The Morgan fingerprint density at radius 1 is 1.45 bits per heavy atom. The fourth-order valence-corrected chi connectivity index (χ4v) is 2.93. The van der Waals surface area contributed by atoms with Gasteiger partial charge in [0.05, 0.1) is 11.1 Å². The number of aromatic nitrogens is 3. The lowest BCUT2D eigenvalue weighted by Crippen LogP contribution is -2.06. The molecule has 0 saturated carbocycles. The van der Waals surface area contributed by atoms with E-state index in [2.05, 4.69) is 10.1 Å². The van der Waals surface area contributed by atoms with Gasteiger partial charge in [-0.1, -0.05) is 6.07 Å². The van der Waals surface area contributed by atoms with E-state index in [1.807, 2.05) is 24.4 Å². The van der Waals surface area contributed by atoms with Gasteiger partial charge in [-0.15, -0.1) is 11.3 Å². The van der Waals surface area contributed by atoms with Crippen LogP contribution >= 0.6 is 11.3 Å². The van der Waals surface area contributed by atoms with Crippen LogP contribution in [0.5, 0.6) is 0 Å². The van der Waals surface area contributed by atoms with Crippen LogP contribution < -0.4 is 11.2 Å². The molecule has 3 aromatic rings. The normalized spacial score (nSPS) is 10.9. The number of nitrogens with one attached hydrogen (secondary N) is 1. The van der Waals surface area contributed by atoms with Crippen molar-refractivity contribution in [3.63, 3.8) is 0 Å². The number of nitrogens with two attached hydrogens (primary N) is 1. The van der Waals surface area contributed by atoms with E-state index in [0.29, 0.717) is 17.1 Å². The van der Waals surface area contributed by atoms with Crippen molar-refractivity contribution in [2.45, 2.75) is 6.92 Å². The van der Waals surface area contributed by atoms with Crippen LogP contribution in [0.2, 0.25) is 0 Å². The zero-order valence-corrected chi connectivity index (χ0v) is 12.0. The first-order valence-electron chi connectivity index (χ1n) is 6.14. The molecule has 3 aromatic heterocycles. The topological polar surface area (TPSA) is 76.7 Å². The van der Waals surface area contributed by atoms with Crippen molar-refractivity contribution < 1.29 is 0 Å². The van der Waals surface area contributed by atoms with Gasteiger partial charge in [0.1, 0.15) is 11.5 Å². The summed E-state index contributed by atoms with van der Waals surface area (Å²) in [6.07, 6.45) is 1.69. The van der Waals surface area contributed by atoms with E-state index < -0.39 is 0 Å². The second-order valence-corrected chi connectivity index (χ2v) is 5.55. The predicted molar refractivity (Wildman–Crippen MR) is 81.7 cm³/mol. The number of anilines is 1. The zero-order valence-electron chi connectivity index (χ0n) is 11.2. The van der Waals surface area contributed by atoms with Crippen LogP contribution in [0.25, 0.3) is 21.7 Å². The van der Waals surface area contributed by atoms with Crippen molar-refractivity contribution in [2.24, 2.45) is 7.05 Å².